The SMILES string of the molecule is CNC(=O)c1cccc(NC(=O)C2CC(=O)N(c3cc(OC)ccc3OC)C2)c1. The van der Waals surface area contributed by atoms with Gasteiger partial charge in [0.25, 0.3) is 5.91 Å². The van der Waals surface area contributed by atoms with Gasteiger partial charge in [0.15, 0.2) is 0 Å². The fourth-order valence-electron chi connectivity index (χ4n) is 3.25. The van der Waals surface area contributed by atoms with Crippen molar-refractivity contribution in [3.63, 3.8) is 0 Å². The lowest BCUT2D eigenvalue weighted by atomic mass is 10.1. The summed E-state index contributed by atoms with van der Waals surface area (Å²) in [5, 5.41) is 5.33. The highest BCUT2D eigenvalue weighted by Crippen LogP contribution is 2.36. The van der Waals surface area contributed by atoms with E-state index in [0.717, 1.165) is 0 Å². The minimum Gasteiger partial charge on any atom is -0.497 e. The normalized spacial score (nSPS) is 15.8. The van der Waals surface area contributed by atoms with Gasteiger partial charge in [-0.25, -0.2) is 0 Å². The van der Waals surface area contributed by atoms with Gasteiger partial charge in [-0.1, -0.05) is 6.07 Å². The largest absolute Gasteiger partial charge is 0.497 e. The van der Waals surface area contributed by atoms with Crippen molar-refractivity contribution in [2.45, 2.75) is 6.42 Å². The fourth-order valence-corrected chi connectivity index (χ4v) is 3.25. The molecule has 0 radical (unpaired) electrons. The van der Waals surface area contributed by atoms with Crippen molar-refractivity contribution in [1.29, 1.82) is 0 Å². The molecule has 1 saturated heterocycles. The molecule has 1 unspecified atom stereocenters. The Balaban J connectivity index is 1.75. The van der Waals surface area contributed by atoms with Gasteiger partial charge in [-0.3, -0.25) is 14.4 Å². The van der Waals surface area contributed by atoms with Crippen LogP contribution in [-0.4, -0.2) is 45.5 Å². The van der Waals surface area contributed by atoms with Crippen LogP contribution in [0.15, 0.2) is 42.5 Å². The second kappa shape index (κ2) is 8.64. The Labute approximate surface area is 168 Å². The van der Waals surface area contributed by atoms with Crippen LogP contribution in [0.1, 0.15) is 16.8 Å². The quantitative estimate of drug-likeness (QED) is 0.778. The van der Waals surface area contributed by atoms with Crippen LogP contribution in [0.5, 0.6) is 11.5 Å². The molecule has 1 aliphatic heterocycles. The number of amides is 3. The topological polar surface area (TPSA) is 97.0 Å². The number of carbonyl (C=O) groups is 3. The van der Waals surface area contributed by atoms with E-state index in [9.17, 15) is 14.4 Å². The van der Waals surface area contributed by atoms with Gasteiger partial charge in [-0.05, 0) is 30.3 Å². The zero-order chi connectivity index (χ0) is 21.0. The summed E-state index contributed by atoms with van der Waals surface area (Å²) in [7, 11) is 4.61. The molecule has 1 heterocycles. The van der Waals surface area contributed by atoms with Crippen LogP contribution in [0.3, 0.4) is 0 Å². The summed E-state index contributed by atoms with van der Waals surface area (Å²) < 4.78 is 10.6. The van der Waals surface area contributed by atoms with E-state index in [1.165, 1.54) is 12.0 Å². The molecule has 29 heavy (non-hydrogen) atoms. The standard InChI is InChI=1S/C21H23N3O5/c1-22-20(26)13-5-4-6-15(9-13)23-21(27)14-10-19(25)24(12-14)17-11-16(28-2)7-8-18(17)29-3/h4-9,11,14H,10,12H2,1-3H3,(H,22,26)(H,23,27). The predicted octanol–water partition coefficient (Wildman–Crippen LogP) is 2.06. The molecule has 1 atom stereocenters. The third kappa shape index (κ3) is 4.31. The zero-order valence-corrected chi connectivity index (χ0v) is 16.5. The summed E-state index contributed by atoms with van der Waals surface area (Å²) in [4.78, 5) is 38.6. The molecule has 1 aliphatic rings. The average molecular weight is 397 g/mol. The van der Waals surface area contributed by atoms with Gasteiger partial charge in [-0.2, -0.15) is 0 Å². The predicted molar refractivity (Wildman–Crippen MR) is 108 cm³/mol. The molecule has 2 aromatic carbocycles. The van der Waals surface area contributed by atoms with Crippen molar-refractivity contribution in [3.05, 3.63) is 48.0 Å². The number of hydrogen-bond donors (Lipinski definition) is 2. The van der Waals surface area contributed by atoms with E-state index in [-0.39, 0.29) is 30.7 Å². The van der Waals surface area contributed by atoms with Crippen LogP contribution in [0.2, 0.25) is 0 Å². The van der Waals surface area contributed by atoms with Gasteiger partial charge >= 0.3 is 0 Å². The molecule has 8 heteroatoms. The van der Waals surface area contributed by atoms with Crippen molar-refractivity contribution in [2.75, 3.05) is 38.0 Å². The molecule has 2 aromatic rings. The van der Waals surface area contributed by atoms with Gasteiger partial charge < -0.3 is 25.0 Å². The molecule has 3 rings (SSSR count). The highest BCUT2D eigenvalue weighted by atomic mass is 16.5. The number of ether oxygens (including phenoxy) is 2. The Hall–Kier alpha value is -3.55. The first-order valence-corrected chi connectivity index (χ1v) is 9.12. The molecule has 152 valence electrons. The van der Waals surface area contributed by atoms with Crippen LogP contribution in [0.4, 0.5) is 11.4 Å². The van der Waals surface area contributed by atoms with Gasteiger partial charge in [-0.15, -0.1) is 0 Å². The molecular formula is C21H23N3O5. The number of hydrogen-bond acceptors (Lipinski definition) is 5. The summed E-state index contributed by atoms with van der Waals surface area (Å²) in [5.41, 5.74) is 1.50. The van der Waals surface area contributed by atoms with Gasteiger partial charge in [0.1, 0.15) is 11.5 Å². The number of nitrogens with zero attached hydrogens (tertiary/aromatic N) is 1. The Morgan fingerprint density at radius 3 is 2.59 bits per heavy atom. The van der Waals surface area contributed by atoms with Crippen LogP contribution >= 0.6 is 0 Å². The Morgan fingerprint density at radius 1 is 1.10 bits per heavy atom. The third-order valence-electron chi connectivity index (χ3n) is 4.79. The van der Waals surface area contributed by atoms with E-state index in [1.54, 1.807) is 56.6 Å². The van der Waals surface area contributed by atoms with E-state index >= 15 is 0 Å². The monoisotopic (exact) mass is 397 g/mol. The Kier molecular flexibility index (Phi) is 6.01. The number of anilines is 2. The van der Waals surface area contributed by atoms with Crippen LogP contribution in [0.25, 0.3) is 0 Å². The van der Waals surface area contributed by atoms with E-state index in [2.05, 4.69) is 10.6 Å². The highest BCUT2D eigenvalue weighted by molar-refractivity contribution is 6.04. The third-order valence-corrected chi connectivity index (χ3v) is 4.79. The Bertz CT molecular complexity index is 944. The number of carbonyl (C=O) groups excluding carboxylic acids is 3. The van der Waals surface area contributed by atoms with E-state index in [0.29, 0.717) is 28.4 Å². The summed E-state index contributed by atoms with van der Waals surface area (Å²) in [6.07, 6.45) is 0.0847. The van der Waals surface area contributed by atoms with Crippen molar-refractivity contribution in [1.82, 2.24) is 5.32 Å². The molecule has 0 aromatic heterocycles. The summed E-state index contributed by atoms with van der Waals surface area (Å²) in [6, 6.07) is 11.8. The van der Waals surface area contributed by atoms with Crippen molar-refractivity contribution < 1.29 is 23.9 Å². The van der Waals surface area contributed by atoms with Crippen molar-refractivity contribution in [2.24, 2.45) is 5.92 Å². The lowest BCUT2D eigenvalue weighted by Crippen LogP contribution is -2.28. The lowest BCUT2D eigenvalue weighted by Gasteiger charge is -2.20. The smallest absolute Gasteiger partial charge is 0.251 e. The van der Waals surface area contributed by atoms with Gasteiger partial charge in [0.2, 0.25) is 11.8 Å². The molecule has 0 aliphatic carbocycles. The number of benzene rings is 2. The second-order valence-corrected chi connectivity index (χ2v) is 6.59. The summed E-state index contributed by atoms with van der Waals surface area (Å²) in [6.45, 7) is 0.226. The first kappa shape index (κ1) is 20.2. The van der Waals surface area contributed by atoms with Crippen LogP contribution < -0.4 is 25.0 Å². The van der Waals surface area contributed by atoms with E-state index in [1.807, 2.05) is 0 Å². The molecule has 3 amide bonds. The summed E-state index contributed by atoms with van der Waals surface area (Å²) >= 11 is 0. The molecule has 1 fully saturated rings. The first-order valence-electron chi connectivity index (χ1n) is 9.12. The summed E-state index contributed by atoms with van der Waals surface area (Å²) in [5.74, 6) is -0.103. The minimum atomic E-state index is -0.526. The average Bonchev–Trinajstić information content (AvgIpc) is 3.14. The van der Waals surface area contributed by atoms with Gasteiger partial charge in [0, 0.05) is 37.3 Å². The molecule has 0 saturated carbocycles. The van der Waals surface area contributed by atoms with Crippen LogP contribution in [-0.2, 0) is 9.59 Å². The Morgan fingerprint density at radius 2 is 1.90 bits per heavy atom. The van der Waals surface area contributed by atoms with E-state index in [4.69, 9.17) is 9.47 Å². The molecular weight excluding hydrogens is 374 g/mol. The molecule has 0 bridgehead atoms. The van der Waals surface area contributed by atoms with Crippen molar-refractivity contribution >= 4 is 29.1 Å². The number of nitrogens with one attached hydrogen (secondary N) is 2. The zero-order valence-electron chi connectivity index (χ0n) is 16.5. The second-order valence-electron chi connectivity index (χ2n) is 6.59. The van der Waals surface area contributed by atoms with Crippen LogP contribution in [0, 0.1) is 5.92 Å². The molecule has 2 N–H and O–H groups in total. The van der Waals surface area contributed by atoms with E-state index < -0.39 is 5.92 Å². The highest BCUT2D eigenvalue weighted by Gasteiger charge is 2.36. The number of rotatable bonds is 6. The maximum absolute atomic E-state index is 12.7. The minimum absolute atomic E-state index is 0.0847. The maximum Gasteiger partial charge on any atom is 0.251 e. The molecule has 8 nitrogen and oxygen atoms in total. The lowest BCUT2D eigenvalue weighted by molar-refractivity contribution is -0.122. The fraction of sp³-hybridized carbons (Fsp3) is 0.286. The first-order chi connectivity index (χ1) is 14.0. The maximum atomic E-state index is 12.7. The van der Waals surface area contributed by atoms with Gasteiger partial charge in [0.05, 0.1) is 25.8 Å². The van der Waals surface area contributed by atoms with Crippen molar-refractivity contribution in [3.8, 4) is 11.5 Å². The molecule has 0 spiro atoms. The number of methoxy groups -OCH3 is 2.